The third-order valence-electron chi connectivity index (χ3n) is 6.17. The molecule has 3 saturated heterocycles. The van der Waals surface area contributed by atoms with Crippen LogP contribution in [0.2, 0.25) is 0 Å². The summed E-state index contributed by atoms with van der Waals surface area (Å²) >= 11 is 1.42. The number of ether oxygens (including phenoxy) is 1. The minimum Gasteiger partial charge on any atom is -0.370 e. The molecule has 3 fully saturated rings. The van der Waals surface area contributed by atoms with E-state index in [9.17, 15) is 27.6 Å². The van der Waals surface area contributed by atoms with Crippen LogP contribution >= 0.6 is 11.8 Å². The minimum atomic E-state index is -4.69. The quantitative estimate of drug-likeness (QED) is 0.615. The van der Waals surface area contributed by atoms with Crippen LogP contribution in [0.15, 0.2) is 23.4 Å². The lowest BCUT2D eigenvalue weighted by Gasteiger charge is -2.35. The number of morpholine rings is 1. The van der Waals surface area contributed by atoms with Crippen molar-refractivity contribution in [3.8, 4) is 12.3 Å². The van der Waals surface area contributed by atoms with Crippen molar-refractivity contribution in [2.75, 3.05) is 26.3 Å². The Balaban J connectivity index is 1.44. The third kappa shape index (κ3) is 5.06. The van der Waals surface area contributed by atoms with Gasteiger partial charge in [0.25, 0.3) is 5.91 Å². The molecule has 1 aliphatic carbocycles. The average molecular weight is 484 g/mol. The Morgan fingerprint density at radius 2 is 2.06 bits per heavy atom. The van der Waals surface area contributed by atoms with E-state index in [0.717, 1.165) is 17.4 Å². The summed E-state index contributed by atoms with van der Waals surface area (Å²) in [7, 11) is 0. The fourth-order valence-electron chi connectivity index (χ4n) is 4.57. The summed E-state index contributed by atoms with van der Waals surface area (Å²) < 4.78 is 46.6. The lowest BCUT2D eigenvalue weighted by Crippen LogP contribution is -2.45. The van der Waals surface area contributed by atoms with Gasteiger partial charge >= 0.3 is 6.18 Å². The Morgan fingerprint density at radius 1 is 1.27 bits per heavy atom. The van der Waals surface area contributed by atoms with Crippen LogP contribution in [0.5, 0.6) is 0 Å². The zero-order valence-electron chi connectivity index (χ0n) is 17.8. The number of nitrogens with zero attached hydrogens (tertiary/aromatic N) is 2. The van der Waals surface area contributed by atoms with Crippen molar-refractivity contribution < 1.29 is 32.3 Å². The first-order chi connectivity index (χ1) is 15.7. The Morgan fingerprint density at radius 3 is 2.73 bits per heavy atom. The first-order valence-electron chi connectivity index (χ1n) is 10.8. The van der Waals surface area contributed by atoms with Crippen molar-refractivity contribution in [2.45, 2.75) is 54.4 Å². The number of nitrogens with one attached hydrogen (secondary N) is 1. The third-order valence-corrected chi connectivity index (χ3v) is 7.65. The number of thioether (sulfide) groups is 1. The molecule has 0 aromatic heterocycles. The maximum Gasteiger partial charge on any atom is 0.418 e. The molecular formula is C22H24F3N3O4S. The van der Waals surface area contributed by atoms with Gasteiger partial charge in [0, 0.05) is 19.5 Å². The summed E-state index contributed by atoms with van der Waals surface area (Å²) in [6.07, 6.45) is 4.70. The Labute approximate surface area is 193 Å². The highest BCUT2D eigenvalue weighted by molar-refractivity contribution is 8.01. The topological polar surface area (TPSA) is 79.0 Å². The fraction of sp³-hybridized carbons (Fsp3) is 0.591. The van der Waals surface area contributed by atoms with Gasteiger partial charge in [-0.05, 0) is 25.3 Å². The first kappa shape index (κ1) is 23.7. The number of rotatable bonds is 4. The molecule has 0 aromatic rings. The minimum absolute atomic E-state index is 0.00467. The lowest BCUT2D eigenvalue weighted by molar-refractivity contribution is -0.141. The molecule has 0 spiro atoms. The summed E-state index contributed by atoms with van der Waals surface area (Å²) in [6, 6.07) is -1.27. The van der Waals surface area contributed by atoms with Crippen LogP contribution in [0.25, 0.3) is 0 Å². The summed E-state index contributed by atoms with van der Waals surface area (Å²) in [5.41, 5.74) is -1.12. The zero-order chi connectivity index (χ0) is 23.8. The van der Waals surface area contributed by atoms with Gasteiger partial charge in [0.2, 0.25) is 11.8 Å². The molecular weight excluding hydrogens is 459 g/mol. The molecule has 4 atom stereocenters. The summed E-state index contributed by atoms with van der Waals surface area (Å²) in [4.78, 5) is 39.7. The second kappa shape index (κ2) is 9.43. The Hall–Kier alpha value is -2.45. The van der Waals surface area contributed by atoms with E-state index in [1.54, 1.807) is 0 Å². The maximum absolute atomic E-state index is 13.9. The monoisotopic (exact) mass is 483 g/mol. The number of amides is 3. The van der Waals surface area contributed by atoms with Gasteiger partial charge in [0.1, 0.15) is 6.61 Å². The van der Waals surface area contributed by atoms with Crippen LogP contribution < -0.4 is 5.32 Å². The van der Waals surface area contributed by atoms with Crippen LogP contribution in [0, 0.1) is 12.3 Å². The molecule has 11 heteroatoms. The van der Waals surface area contributed by atoms with E-state index in [1.165, 1.54) is 22.7 Å². The molecule has 0 saturated carbocycles. The molecule has 0 bridgehead atoms. The van der Waals surface area contributed by atoms with E-state index in [0.29, 0.717) is 6.42 Å². The van der Waals surface area contributed by atoms with Gasteiger partial charge in [-0.2, -0.15) is 13.2 Å². The smallest absolute Gasteiger partial charge is 0.370 e. The predicted molar refractivity (Wildman–Crippen MR) is 115 cm³/mol. The van der Waals surface area contributed by atoms with Gasteiger partial charge in [-0.15, -0.1) is 18.2 Å². The van der Waals surface area contributed by atoms with Crippen molar-refractivity contribution >= 4 is 29.5 Å². The van der Waals surface area contributed by atoms with E-state index in [2.05, 4.69) is 11.2 Å². The van der Waals surface area contributed by atoms with Crippen molar-refractivity contribution in [1.29, 1.82) is 0 Å². The molecule has 3 aliphatic heterocycles. The van der Waals surface area contributed by atoms with E-state index in [1.807, 2.05) is 0 Å². The highest BCUT2D eigenvalue weighted by Gasteiger charge is 2.44. The number of alkyl halides is 3. The first-order valence-corrected chi connectivity index (χ1v) is 11.7. The van der Waals surface area contributed by atoms with Crippen LogP contribution in [0.1, 0.15) is 25.7 Å². The zero-order valence-corrected chi connectivity index (χ0v) is 18.6. The molecule has 4 rings (SSSR count). The summed E-state index contributed by atoms with van der Waals surface area (Å²) in [5.74, 6) is 1.59. The molecule has 0 aromatic carbocycles. The van der Waals surface area contributed by atoms with Crippen molar-refractivity contribution in [3.63, 3.8) is 0 Å². The standard InChI is InChI=1S/C22H24F3N3O4S/c1-2-15-4-6-18(33-15)21(31)26-13-9-19(29)28(11-13)14-3-5-17(16(10-14)22(23,24)25)27-7-8-32-12-20(27)30/h1,5,10,13-15,18H,3-4,6-9,11-12H2,(H,26,31)/t13-,14?,15?,18?/m1/s1. The highest BCUT2D eigenvalue weighted by atomic mass is 32.2. The van der Waals surface area contributed by atoms with Crippen molar-refractivity contribution in [3.05, 3.63) is 23.4 Å². The number of hydrogen-bond acceptors (Lipinski definition) is 5. The van der Waals surface area contributed by atoms with E-state index in [4.69, 9.17) is 11.2 Å². The number of halogens is 3. The Kier molecular flexibility index (Phi) is 6.77. The fourth-order valence-corrected chi connectivity index (χ4v) is 5.78. The molecule has 1 N–H and O–H groups in total. The van der Waals surface area contributed by atoms with Gasteiger partial charge < -0.3 is 19.9 Å². The van der Waals surface area contributed by atoms with Crippen molar-refractivity contribution in [2.24, 2.45) is 0 Å². The van der Waals surface area contributed by atoms with Gasteiger partial charge in [-0.3, -0.25) is 14.4 Å². The van der Waals surface area contributed by atoms with Gasteiger partial charge in [0.05, 0.1) is 40.5 Å². The normalized spacial score (nSPS) is 30.7. The number of hydrogen-bond donors (Lipinski definition) is 1. The molecule has 33 heavy (non-hydrogen) atoms. The van der Waals surface area contributed by atoms with E-state index >= 15 is 0 Å². The largest absolute Gasteiger partial charge is 0.418 e. The SMILES string of the molecule is C#CC1CCC(C(=O)N[C@@H]2CC(=O)N(C3C=C(C(F)(F)F)C(N4CCOCC4=O)=CC3)C2)S1. The van der Waals surface area contributed by atoms with Gasteiger partial charge in [-0.25, -0.2) is 0 Å². The number of terminal acetylenes is 1. The number of carbonyl (C=O) groups is 3. The summed E-state index contributed by atoms with van der Waals surface area (Å²) in [5, 5.41) is 2.57. The molecule has 3 amide bonds. The van der Waals surface area contributed by atoms with Crippen LogP contribution in [-0.4, -0.2) is 82.6 Å². The van der Waals surface area contributed by atoms with E-state index in [-0.39, 0.29) is 67.2 Å². The maximum atomic E-state index is 13.9. The number of likely N-dealkylation sites (tertiary alicyclic amines) is 1. The summed E-state index contributed by atoms with van der Waals surface area (Å²) in [6.45, 7) is 0.0654. The molecule has 3 unspecified atom stereocenters. The van der Waals surface area contributed by atoms with Crippen LogP contribution in [0.3, 0.4) is 0 Å². The van der Waals surface area contributed by atoms with Gasteiger partial charge in [-0.1, -0.05) is 12.0 Å². The molecule has 4 aliphatic rings. The Bertz CT molecular complexity index is 942. The molecule has 178 valence electrons. The lowest BCUT2D eigenvalue weighted by atomic mass is 9.96. The second-order valence-electron chi connectivity index (χ2n) is 8.38. The number of allylic oxidation sites excluding steroid dienone is 1. The average Bonchev–Trinajstić information content (AvgIpc) is 3.40. The number of carbonyl (C=O) groups excluding carboxylic acids is 3. The molecule has 7 nitrogen and oxygen atoms in total. The highest BCUT2D eigenvalue weighted by Crippen LogP contribution is 2.38. The molecule has 3 heterocycles. The van der Waals surface area contributed by atoms with E-state index < -0.39 is 29.7 Å². The second-order valence-corrected chi connectivity index (χ2v) is 9.79. The van der Waals surface area contributed by atoms with Crippen molar-refractivity contribution in [1.82, 2.24) is 15.1 Å². The van der Waals surface area contributed by atoms with Gasteiger partial charge in [0.15, 0.2) is 0 Å². The predicted octanol–water partition coefficient (Wildman–Crippen LogP) is 1.60. The van der Waals surface area contributed by atoms with Crippen LogP contribution in [-0.2, 0) is 19.1 Å². The van der Waals surface area contributed by atoms with Crippen LogP contribution in [0.4, 0.5) is 13.2 Å². The molecule has 0 radical (unpaired) electrons.